The maximum atomic E-state index is 12.7. The number of amides is 1. The number of hydrogen-bond donors (Lipinski definition) is 1. The molecule has 0 bridgehead atoms. The molecule has 3 aliphatic carbocycles. The van der Waals surface area contributed by atoms with E-state index in [2.05, 4.69) is 18.3 Å². The molecule has 5 atom stereocenters. The number of carbonyl (C=O) groups excluding carboxylic acids is 1. The molecule has 1 unspecified atom stereocenters. The van der Waals surface area contributed by atoms with Crippen molar-refractivity contribution < 1.29 is 4.79 Å². The van der Waals surface area contributed by atoms with Crippen LogP contribution in [0.1, 0.15) is 36.8 Å². The van der Waals surface area contributed by atoms with E-state index >= 15 is 0 Å². The van der Waals surface area contributed by atoms with Crippen LogP contribution in [0.15, 0.2) is 18.2 Å². The summed E-state index contributed by atoms with van der Waals surface area (Å²) in [5.41, 5.74) is 3.30. The fourth-order valence-corrected chi connectivity index (χ4v) is 5.70. The average Bonchev–Trinajstić information content (AvgIpc) is 3.26. The van der Waals surface area contributed by atoms with Crippen LogP contribution >= 0.6 is 23.2 Å². The van der Waals surface area contributed by atoms with Crippen LogP contribution in [0.25, 0.3) is 0 Å². The van der Waals surface area contributed by atoms with Gasteiger partial charge in [0.05, 0.1) is 0 Å². The zero-order valence-electron chi connectivity index (χ0n) is 13.6. The Labute approximate surface area is 147 Å². The second-order valence-corrected chi connectivity index (χ2v) is 9.15. The Hall–Kier alpha value is -0.730. The van der Waals surface area contributed by atoms with Gasteiger partial charge in [0.15, 0.2) is 0 Å². The molecule has 1 amide bonds. The predicted molar refractivity (Wildman–Crippen MR) is 94.9 cm³/mol. The first-order valence-corrected chi connectivity index (χ1v) is 9.41. The second-order valence-electron chi connectivity index (χ2n) is 7.70. The zero-order chi connectivity index (χ0) is 16.4. The van der Waals surface area contributed by atoms with Crippen LogP contribution in [0, 0.1) is 43.4 Å². The summed E-state index contributed by atoms with van der Waals surface area (Å²) >= 11 is 12.7. The topological polar surface area (TPSA) is 29.1 Å². The molecule has 0 heterocycles. The number of alkyl halides is 2. The maximum absolute atomic E-state index is 12.7. The summed E-state index contributed by atoms with van der Waals surface area (Å²) in [7, 11) is 0. The van der Waals surface area contributed by atoms with Crippen molar-refractivity contribution in [2.45, 2.75) is 43.9 Å². The van der Waals surface area contributed by atoms with Gasteiger partial charge in [-0.15, -0.1) is 23.2 Å². The van der Waals surface area contributed by atoms with Crippen molar-refractivity contribution in [1.29, 1.82) is 0 Å². The number of nitrogens with one attached hydrogen (secondary N) is 1. The van der Waals surface area contributed by atoms with Crippen LogP contribution in [0.3, 0.4) is 0 Å². The van der Waals surface area contributed by atoms with Crippen LogP contribution < -0.4 is 5.32 Å². The number of fused-ring (bicyclic) bond motifs is 2. The van der Waals surface area contributed by atoms with Crippen molar-refractivity contribution in [2.24, 2.45) is 29.6 Å². The van der Waals surface area contributed by atoms with Crippen LogP contribution in [-0.4, -0.2) is 10.2 Å². The first-order valence-electron chi connectivity index (χ1n) is 8.65. The number of carbonyl (C=O) groups is 1. The van der Waals surface area contributed by atoms with Crippen LogP contribution in [0.5, 0.6) is 0 Å². The van der Waals surface area contributed by atoms with Gasteiger partial charge in [-0.3, -0.25) is 4.79 Å². The Bertz CT molecular complexity index is 635. The monoisotopic (exact) mass is 351 g/mol. The lowest BCUT2D eigenvalue weighted by Gasteiger charge is -2.09. The van der Waals surface area contributed by atoms with E-state index in [0.717, 1.165) is 36.9 Å². The highest BCUT2D eigenvalue weighted by atomic mass is 35.5. The number of rotatable bonds is 2. The minimum absolute atomic E-state index is 0.188. The standard InChI is InChI=1S/C19H23Cl2NO/c1-10-3-8-16(11(2)9-10)22-18(23)17-12-4-6-14-15(19(14,20)21)7-5-13(12)17/h3,8-9,12-15,17H,4-7H2,1-2H3,(H,22,23)/t12-,13+,14-,15+,17?. The molecule has 3 saturated carbocycles. The summed E-state index contributed by atoms with van der Waals surface area (Å²) in [4.78, 5) is 12.7. The molecule has 0 saturated heterocycles. The third-order valence-corrected chi connectivity index (χ3v) is 7.38. The molecule has 1 N–H and O–H groups in total. The van der Waals surface area contributed by atoms with E-state index in [1.165, 1.54) is 5.56 Å². The molecule has 0 aliphatic heterocycles. The molecule has 3 fully saturated rings. The quantitative estimate of drug-likeness (QED) is 0.738. The van der Waals surface area contributed by atoms with Crippen molar-refractivity contribution in [2.75, 3.05) is 5.32 Å². The zero-order valence-corrected chi connectivity index (χ0v) is 15.1. The van der Waals surface area contributed by atoms with Crippen molar-refractivity contribution in [3.05, 3.63) is 29.3 Å². The number of aryl methyl sites for hydroxylation is 2. The molecule has 0 aromatic heterocycles. The highest BCUT2D eigenvalue weighted by Gasteiger charge is 2.65. The van der Waals surface area contributed by atoms with Crippen molar-refractivity contribution >= 4 is 34.8 Å². The molecule has 1 aromatic rings. The SMILES string of the molecule is Cc1ccc(NC(=O)C2[C@H]3CC[C@H]4[C@@H](CC[C@@H]23)C4(Cl)Cl)c(C)c1. The molecular formula is C19H23Cl2NO. The van der Waals surface area contributed by atoms with Gasteiger partial charge in [0.2, 0.25) is 5.91 Å². The Morgan fingerprint density at radius 2 is 1.70 bits per heavy atom. The fourth-order valence-electron chi connectivity index (χ4n) is 4.78. The van der Waals surface area contributed by atoms with Gasteiger partial charge in [-0.05, 0) is 74.8 Å². The molecule has 23 heavy (non-hydrogen) atoms. The Balaban J connectivity index is 1.40. The molecule has 2 nitrogen and oxygen atoms in total. The van der Waals surface area contributed by atoms with Crippen molar-refractivity contribution in [1.82, 2.24) is 0 Å². The second kappa shape index (κ2) is 5.39. The van der Waals surface area contributed by atoms with E-state index in [4.69, 9.17) is 23.2 Å². The summed E-state index contributed by atoms with van der Waals surface area (Å²) in [5.74, 6) is 2.36. The van der Waals surface area contributed by atoms with Gasteiger partial charge in [-0.1, -0.05) is 17.7 Å². The Morgan fingerprint density at radius 3 is 2.26 bits per heavy atom. The van der Waals surface area contributed by atoms with Crippen molar-refractivity contribution in [3.63, 3.8) is 0 Å². The first-order chi connectivity index (χ1) is 10.9. The average molecular weight is 352 g/mol. The van der Waals surface area contributed by atoms with Gasteiger partial charge in [0.1, 0.15) is 4.33 Å². The lowest BCUT2D eigenvalue weighted by Crippen LogP contribution is -2.16. The summed E-state index contributed by atoms with van der Waals surface area (Å²) in [6, 6.07) is 6.17. The molecule has 4 heteroatoms. The Morgan fingerprint density at radius 1 is 1.09 bits per heavy atom. The highest BCUT2D eigenvalue weighted by Crippen LogP contribution is 2.67. The summed E-state index contributed by atoms with van der Waals surface area (Å²) in [5, 5.41) is 3.14. The number of anilines is 1. The fraction of sp³-hybridized carbons (Fsp3) is 0.632. The smallest absolute Gasteiger partial charge is 0.228 e. The third kappa shape index (κ3) is 2.68. The highest BCUT2D eigenvalue weighted by molar-refractivity contribution is 6.51. The van der Waals surface area contributed by atoms with Crippen LogP contribution in [0.4, 0.5) is 5.69 Å². The maximum Gasteiger partial charge on any atom is 0.228 e. The largest absolute Gasteiger partial charge is 0.326 e. The number of benzene rings is 1. The lowest BCUT2D eigenvalue weighted by atomic mass is 10.0. The van der Waals surface area contributed by atoms with Gasteiger partial charge in [0.25, 0.3) is 0 Å². The van der Waals surface area contributed by atoms with Crippen LogP contribution in [0.2, 0.25) is 0 Å². The number of halogens is 2. The van der Waals surface area contributed by atoms with E-state index in [1.807, 2.05) is 19.1 Å². The van der Waals surface area contributed by atoms with Crippen molar-refractivity contribution in [3.8, 4) is 0 Å². The normalized spacial score (nSPS) is 37.0. The summed E-state index contributed by atoms with van der Waals surface area (Å²) < 4.78 is -0.479. The number of hydrogen-bond acceptors (Lipinski definition) is 1. The molecule has 1 aromatic carbocycles. The minimum atomic E-state index is -0.479. The lowest BCUT2D eigenvalue weighted by molar-refractivity contribution is -0.117. The van der Waals surface area contributed by atoms with Gasteiger partial charge < -0.3 is 5.32 Å². The van der Waals surface area contributed by atoms with Crippen LogP contribution in [-0.2, 0) is 4.79 Å². The predicted octanol–water partition coefficient (Wildman–Crippen LogP) is 5.10. The van der Waals surface area contributed by atoms with Gasteiger partial charge in [-0.25, -0.2) is 0 Å². The summed E-state index contributed by atoms with van der Waals surface area (Å²) in [6.07, 6.45) is 4.34. The molecule has 124 valence electrons. The molecule has 4 rings (SSSR count). The van der Waals surface area contributed by atoms with E-state index in [9.17, 15) is 4.79 Å². The van der Waals surface area contributed by atoms with Gasteiger partial charge in [-0.2, -0.15) is 0 Å². The van der Waals surface area contributed by atoms with E-state index < -0.39 is 4.33 Å². The van der Waals surface area contributed by atoms with Gasteiger partial charge >= 0.3 is 0 Å². The van der Waals surface area contributed by atoms with Gasteiger partial charge in [0, 0.05) is 11.6 Å². The molecular weight excluding hydrogens is 329 g/mol. The van der Waals surface area contributed by atoms with E-state index in [-0.39, 0.29) is 11.8 Å². The van der Waals surface area contributed by atoms with E-state index in [1.54, 1.807) is 0 Å². The molecule has 3 aliphatic rings. The summed E-state index contributed by atoms with van der Waals surface area (Å²) in [6.45, 7) is 4.12. The molecule has 0 radical (unpaired) electrons. The van der Waals surface area contributed by atoms with E-state index in [0.29, 0.717) is 23.7 Å². The molecule has 0 spiro atoms. The Kier molecular flexibility index (Phi) is 3.70. The first kappa shape index (κ1) is 15.8. The third-order valence-electron chi connectivity index (χ3n) is 6.26. The minimum Gasteiger partial charge on any atom is -0.326 e.